The average Bonchev–Trinajstić information content (AvgIpc) is 2.04. The van der Waals surface area contributed by atoms with Crippen LogP contribution in [0, 0.1) is 11.8 Å². The Morgan fingerprint density at radius 3 is 3.00 bits per heavy atom. The van der Waals surface area contributed by atoms with Crippen LogP contribution in [-0.2, 0) is 0 Å². The van der Waals surface area contributed by atoms with Crippen LogP contribution in [0.4, 0.5) is 0 Å². The van der Waals surface area contributed by atoms with Crippen molar-refractivity contribution in [2.24, 2.45) is 22.7 Å². The molecule has 3 atom stereocenters. The first-order valence-electron chi connectivity index (χ1n) is 4.30. The molecule has 2 heterocycles. The molecule has 0 spiro atoms. The van der Waals surface area contributed by atoms with Gasteiger partial charge in [0, 0.05) is 5.92 Å². The van der Waals surface area contributed by atoms with Crippen LogP contribution in [0.3, 0.4) is 0 Å². The van der Waals surface area contributed by atoms with Crippen LogP contribution in [0.2, 0.25) is 0 Å². The van der Waals surface area contributed by atoms with Gasteiger partial charge < -0.3 is 11.2 Å². The lowest BCUT2D eigenvalue weighted by molar-refractivity contribution is 0.0370. The number of nitrogens with two attached hydrogens (primary N) is 1. The normalized spacial score (nSPS) is 47.3. The minimum atomic E-state index is 0.285. The van der Waals surface area contributed by atoms with Crippen molar-refractivity contribution < 1.29 is 0 Å². The molecular weight excluding hydrogens is 138 g/mol. The minimum Gasteiger partial charge on any atom is -0.385 e. The van der Waals surface area contributed by atoms with Gasteiger partial charge in [0.25, 0.3) is 0 Å². The monoisotopic (exact) mass is 153 g/mol. The summed E-state index contributed by atoms with van der Waals surface area (Å²) in [6, 6.07) is 0. The largest absolute Gasteiger partial charge is 0.385 e. The number of hydrogen-bond acceptors (Lipinski definition) is 3. The highest BCUT2D eigenvalue weighted by molar-refractivity contribution is 5.85. The lowest BCUT2D eigenvalue weighted by Crippen LogP contribution is -2.67. The van der Waals surface area contributed by atoms with Gasteiger partial charge in [-0.05, 0) is 18.8 Å². The zero-order chi connectivity index (χ0) is 8.06. The third-order valence-electron chi connectivity index (χ3n) is 3.48. The maximum absolute atomic E-state index is 5.71. The highest BCUT2D eigenvalue weighted by Gasteiger charge is 2.54. The molecule has 3 rings (SSSR count). The van der Waals surface area contributed by atoms with Gasteiger partial charge in [0.2, 0.25) is 0 Å². The molecule has 1 saturated carbocycles. The van der Waals surface area contributed by atoms with Crippen molar-refractivity contribution in [1.82, 2.24) is 5.43 Å². The fraction of sp³-hybridized carbons (Fsp3) is 0.875. The quantitative estimate of drug-likeness (QED) is 0.581. The van der Waals surface area contributed by atoms with Gasteiger partial charge in [0.1, 0.15) is 5.84 Å². The number of hydrogen-bond donors (Lipinski definition) is 2. The van der Waals surface area contributed by atoms with Crippen LogP contribution in [-0.4, -0.2) is 11.4 Å². The number of nitrogens with one attached hydrogen (secondary N) is 1. The second-order valence-corrected chi connectivity index (χ2v) is 3.76. The number of fused-ring (bicyclic) bond motifs is 1. The molecule has 0 aromatic rings. The number of nitrogens with zero attached hydrogens (tertiary/aromatic N) is 1. The van der Waals surface area contributed by atoms with E-state index in [2.05, 4.69) is 24.4 Å². The first-order chi connectivity index (χ1) is 5.19. The SMILES string of the molecule is CCC12CC(C(N)=NN1)C2C. The van der Waals surface area contributed by atoms with E-state index in [4.69, 9.17) is 5.73 Å². The molecule has 11 heavy (non-hydrogen) atoms. The summed E-state index contributed by atoms with van der Waals surface area (Å²) in [7, 11) is 0. The smallest absolute Gasteiger partial charge is 0.123 e. The van der Waals surface area contributed by atoms with Gasteiger partial charge in [-0.15, -0.1) is 0 Å². The number of amidine groups is 1. The van der Waals surface area contributed by atoms with E-state index in [1.807, 2.05) is 0 Å². The van der Waals surface area contributed by atoms with Crippen molar-refractivity contribution >= 4 is 5.84 Å². The fourth-order valence-electron chi connectivity index (χ4n) is 2.29. The van der Waals surface area contributed by atoms with Crippen molar-refractivity contribution in [2.45, 2.75) is 32.2 Å². The van der Waals surface area contributed by atoms with E-state index in [-0.39, 0.29) is 5.54 Å². The molecule has 3 heteroatoms. The van der Waals surface area contributed by atoms with Crippen molar-refractivity contribution in [1.29, 1.82) is 0 Å². The number of hydrazone groups is 1. The van der Waals surface area contributed by atoms with Gasteiger partial charge in [-0.1, -0.05) is 13.8 Å². The highest BCUT2D eigenvalue weighted by atomic mass is 15.4. The summed E-state index contributed by atoms with van der Waals surface area (Å²) in [6.45, 7) is 4.46. The molecule has 1 fully saturated rings. The van der Waals surface area contributed by atoms with Gasteiger partial charge >= 0.3 is 0 Å². The molecule has 3 N–H and O–H groups in total. The molecule has 0 saturated heterocycles. The Balaban J connectivity index is 2.24. The molecule has 0 radical (unpaired) electrons. The lowest BCUT2D eigenvalue weighted by Gasteiger charge is -2.56. The maximum atomic E-state index is 5.71. The Bertz CT molecular complexity index is 211. The van der Waals surface area contributed by atoms with E-state index >= 15 is 0 Å². The Kier molecular flexibility index (Phi) is 1.20. The molecule has 0 aromatic heterocycles. The first-order valence-corrected chi connectivity index (χ1v) is 4.30. The summed E-state index contributed by atoms with van der Waals surface area (Å²) in [6.07, 6.45) is 2.33. The van der Waals surface area contributed by atoms with E-state index in [0.717, 1.165) is 12.3 Å². The summed E-state index contributed by atoms with van der Waals surface area (Å²) >= 11 is 0. The molecule has 3 aliphatic rings. The fourth-order valence-corrected chi connectivity index (χ4v) is 2.29. The summed E-state index contributed by atoms with van der Waals surface area (Å²) in [5.74, 6) is 2.02. The molecule has 62 valence electrons. The standard InChI is InChI=1S/C8H15N3/c1-3-8-4-6(5(8)2)7(9)10-11-8/h5-6,11H,3-4H2,1-2H3,(H2,9,10). The van der Waals surface area contributed by atoms with Crippen LogP contribution in [0.15, 0.2) is 5.10 Å². The molecule has 3 unspecified atom stereocenters. The van der Waals surface area contributed by atoms with Crippen LogP contribution in [0.5, 0.6) is 0 Å². The zero-order valence-corrected chi connectivity index (χ0v) is 7.09. The highest BCUT2D eigenvalue weighted by Crippen LogP contribution is 2.48. The maximum Gasteiger partial charge on any atom is 0.123 e. The van der Waals surface area contributed by atoms with Gasteiger partial charge in [-0.2, -0.15) is 5.10 Å². The van der Waals surface area contributed by atoms with Crippen LogP contribution >= 0.6 is 0 Å². The molecule has 2 aliphatic heterocycles. The van der Waals surface area contributed by atoms with Crippen LogP contribution < -0.4 is 11.2 Å². The van der Waals surface area contributed by atoms with Gasteiger partial charge in [0.05, 0.1) is 5.54 Å². The first kappa shape index (κ1) is 6.95. The number of rotatable bonds is 1. The van der Waals surface area contributed by atoms with Crippen molar-refractivity contribution in [3.05, 3.63) is 0 Å². The van der Waals surface area contributed by atoms with Crippen LogP contribution in [0.1, 0.15) is 26.7 Å². The second kappa shape index (κ2) is 1.90. The molecule has 3 nitrogen and oxygen atoms in total. The van der Waals surface area contributed by atoms with E-state index in [1.54, 1.807) is 0 Å². The summed E-state index contributed by atoms with van der Waals surface area (Å²) in [5, 5.41) is 4.10. The summed E-state index contributed by atoms with van der Waals surface area (Å²) in [5.41, 5.74) is 9.17. The predicted molar refractivity (Wildman–Crippen MR) is 45.1 cm³/mol. The topological polar surface area (TPSA) is 50.4 Å². The van der Waals surface area contributed by atoms with Gasteiger partial charge in [0.15, 0.2) is 0 Å². The third-order valence-corrected chi connectivity index (χ3v) is 3.48. The Morgan fingerprint density at radius 1 is 1.82 bits per heavy atom. The van der Waals surface area contributed by atoms with Gasteiger partial charge in [-0.25, -0.2) is 0 Å². The molecule has 2 bridgehead atoms. The molecule has 0 aromatic carbocycles. The van der Waals surface area contributed by atoms with Crippen molar-refractivity contribution in [3.8, 4) is 0 Å². The second-order valence-electron chi connectivity index (χ2n) is 3.76. The van der Waals surface area contributed by atoms with E-state index in [0.29, 0.717) is 11.8 Å². The van der Waals surface area contributed by atoms with Gasteiger partial charge in [-0.3, -0.25) is 0 Å². The summed E-state index contributed by atoms with van der Waals surface area (Å²) < 4.78 is 0. The Labute approximate surface area is 67.0 Å². The van der Waals surface area contributed by atoms with E-state index in [9.17, 15) is 0 Å². The zero-order valence-electron chi connectivity index (χ0n) is 7.09. The summed E-state index contributed by atoms with van der Waals surface area (Å²) in [4.78, 5) is 0. The Hall–Kier alpha value is -0.730. The van der Waals surface area contributed by atoms with E-state index < -0.39 is 0 Å². The molecular formula is C8H15N3. The van der Waals surface area contributed by atoms with E-state index in [1.165, 1.54) is 6.42 Å². The lowest BCUT2D eigenvalue weighted by atomic mass is 9.57. The Morgan fingerprint density at radius 2 is 2.55 bits per heavy atom. The average molecular weight is 153 g/mol. The third kappa shape index (κ3) is 0.659. The van der Waals surface area contributed by atoms with Crippen molar-refractivity contribution in [3.63, 3.8) is 0 Å². The molecule has 0 amide bonds. The minimum absolute atomic E-state index is 0.285. The van der Waals surface area contributed by atoms with Crippen LogP contribution in [0.25, 0.3) is 0 Å². The van der Waals surface area contributed by atoms with Crippen molar-refractivity contribution in [2.75, 3.05) is 0 Å². The predicted octanol–water partition coefficient (Wildman–Crippen LogP) is 0.667. The molecule has 1 aliphatic carbocycles.